The molecule has 0 aliphatic carbocycles. The fourth-order valence-electron chi connectivity index (χ4n) is 2.89. The van der Waals surface area contributed by atoms with E-state index in [0.29, 0.717) is 23.0 Å². The number of oxime groups is 1. The van der Waals surface area contributed by atoms with E-state index in [0.717, 1.165) is 31.7 Å². The average molecular weight is 403 g/mol. The van der Waals surface area contributed by atoms with Gasteiger partial charge in [0.25, 0.3) is 0 Å². The van der Waals surface area contributed by atoms with E-state index in [1.54, 1.807) is 33.5 Å². The Morgan fingerprint density at radius 3 is 2.07 bits per heavy atom. The molecule has 0 aromatic heterocycles. The van der Waals surface area contributed by atoms with Crippen LogP contribution in [0.25, 0.3) is 6.08 Å². The lowest BCUT2D eigenvalue weighted by molar-refractivity contribution is -0.127. The predicted octanol–water partition coefficient (Wildman–Crippen LogP) is 2.06. The molecule has 8 nitrogen and oxygen atoms in total. The maximum Gasteiger partial charge on any atom is 0.246 e. The van der Waals surface area contributed by atoms with Crippen LogP contribution in [0.3, 0.4) is 0 Å². The third kappa shape index (κ3) is 6.25. The largest absolute Gasteiger partial charge is 0.493 e. The lowest BCUT2D eigenvalue weighted by atomic mass is 10.1. The summed E-state index contributed by atoms with van der Waals surface area (Å²) in [7, 11) is 8.20. The highest BCUT2D eigenvalue weighted by Gasteiger charge is 2.17. The Morgan fingerprint density at radius 1 is 0.931 bits per heavy atom. The van der Waals surface area contributed by atoms with Gasteiger partial charge in [-0.15, -0.1) is 0 Å². The maximum absolute atomic E-state index is 12.4. The van der Waals surface area contributed by atoms with E-state index in [4.69, 9.17) is 19.0 Å². The van der Waals surface area contributed by atoms with Gasteiger partial charge in [-0.3, -0.25) is 4.79 Å². The van der Waals surface area contributed by atoms with Crippen LogP contribution in [0.2, 0.25) is 0 Å². The number of carbonyl (C=O) groups excluding carboxylic acids is 1. The smallest absolute Gasteiger partial charge is 0.246 e. The Kier molecular flexibility index (Phi) is 8.54. The third-order valence-corrected chi connectivity index (χ3v) is 4.54. The van der Waals surface area contributed by atoms with Crippen molar-refractivity contribution in [3.05, 3.63) is 35.9 Å². The first kappa shape index (κ1) is 22.3. The van der Waals surface area contributed by atoms with E-state index in [2.05, 4.69) is 17.1 Å². The van der Waals surface area contributed by atoms with Gasteiger partial charge in [0.15, 0.2) is 11.5 Å². The summed E-state index contributed by atoms with van der Waals surface area (Å²) in [5.41, 5.74) is 1.32. The van der Waals surface area contributed by atoms with Crippen LogP contribution in [-0.2, 0) is 9.63 Å². The van der Waals surface area contributed by atoms with Crippen LogP contribution >= 0.6 is 0 Å². The minimum atomic E-state index is -0.0388. The summed E-state index contributed by atoms with van der Waals surface area (Å²) in [6.45, 7) is 3.19. The van der Waals surface area contributed by atoms with Gasteiger partial charge in [0.2, 0.25) is 11.7 Å². The number of carbonyl (C=O) groups is 1. The first-order valence-electron chi connectivity index (χ1n) is 9.27. The van der Waals surface area contributed by atoms with Gasteiger partial charge >= 0.3 is 0 Å². The average Bonchev–Trinajstić information content (AvgIpc) is 2.74. The molecule has 1 aromatic rings. The van der Waals surface area contributed by atoms with Crippen molar-refractivity contribution in [2.24, 2.45) is 5.16 Å². The Balaban J connectivity index is 2.15. The normalized spacial score (nSPS) is 15.8. The van der Waals surface area contributed by atoms with Crippen molar-refractivity contribution in [1.82, 2.24) is 9.80 Å². The number of benzene rings is 1. The van der Waals surface area contributed by atoms with Crippen LogP contribution in [0, 0.1) is 0 Å². The molecule has 0 radical (unpaired) electrons. The number of piperazine rings is 1. The van der Waals surface area contributed by atoms with Crippen molar-refractivity contribution in [2.45, 2.75) is 0 Å². The molecular weight excluding hydrogens is 374 g/mol. The highest BCUT2D eigenvalue weighted by atomic mass is 16.6. The molecule has 1 aliphatic rings. The first-order valence-corrected chi connectivity index (χ1v) is 9.27. The lowest BCUT2D eigenvalue weighted by Crippen LogP contribution is -2.46. The highest BCUT2D eigenvalue weighted by molar-refractivity contribution is 6.09. The number of ether oxygens (including phenoxy) is 3. The van der Waals surface area contributed by atoms with Gasteiger partial charge in [0.05, 0.1) is 21.3 Å². The second-order valence-corrected chi connectivity index (χ2v) is 6.45. The van der Waals surface area contributed by atoms with Crippen LogP contribution in [0.5, 0.6) is 17.2 Å². The maximum atomic E-state index is 12.4. The first-order chi connectivity index (χ1) is 14.0. The van der Waals surface area contributed by atoms with Crippen LogP contribution in [0.4, 0.5) is 0 Å². The molecule has 0 spiro atoms. The molecule has 0 saturated carbocycles. The zero-order chi connectivity index (χ0) is 21.2. The number of nitrogens with zero attached hydrogens (tertiary/aromatic N) is 3. The van der Waals surface area contributed by atoms with Gasteiger partial charge in [0.1, 0.15) is 12.8 Å². The number of hydrogen-bond acceptors (Lipinski definition) is 7. The van der Waals surface area contributed by atoms with Gasteiger partial charge < -0.3 is 28.8 Å². The van der Waals surface area contributed by atoms with E-state index in [-0.39, 0.29) is 5.91 Å². The van der Waals surface area contributed by atoms with Crippen LogP contribution < -0.4 is 14.2 Å². The Hall–Kier alpha value is -3.00. The molecule has 0 unspecified atom stereocenters. The van der Waals surface area contributed by atoms with E-state index < -0.39 is 0 Å². The summed E-state index contributed by atoms with van der Waals surface area (Å²) in [6, 6.07) is 3.64. The van der Waals surface area contributed by atoms with Gasteiger partial charge in [-0.1, -0.05) is 11.2 Å². The summed E-state index contributed by atoms with van der Waals surface area (Å²) < 4.78 is 16.1. The van der Waals surface area contributed by atoms with E-state index in [9.17, 15) is 4.79 Å². The van der Waals surface area contributed by atoms with Crippen molar-refractivity contribution in [3.8, 4) is 17.2 Å². The highest BCUT2D eigenvalue weighted by Crippen LogP contribution is 2.38. The molecule has 1 aliphatic heterocycles. The molecule has 2 rings (SSSR count). The zero-order valence-corrected chi connectivity index (χ0v) is 17.7. The third-order valence-electron chi connectivity index (χ3n) is 4.54. The lowest BCUT2D eigenvalue weighted by Gasteiger charge is -2.31. The van der Waals surface area contributed by atoms with Crippen molar-refractivity contribution < 1.29 is 23.8 Å². The minimum Gasteiger partial charge on any atom is -0.493 e. The monoisotopic (exact) mass is 403 g/mol. The van der Waals surface area contributed by atoms with Gasteiger partial charge in [-0.25, -0.2) is 0 Å². The fraction of sp³-hybridized carbons (Fsp3) is 0.429. The number of amides is 1. The molecule has 0 N–H and O–H groups in total. The molecule has 1 saturated heterocycles. The Morgan fingerprint density at radius 2 is 1.55 bits per heavy atom. The second kappa shape index (κ2) is 11.1. The molecule has 0 bridgehead atoms. The molecule has 0 atom stereocenters. The van der Waals surface area contributed by atoms with Gasteiger partial charge in [0, 0.05) is 32.3 Å². The number of likely N-dealkylation sites (N-methyl/N-ethyl adjacent to an activating group) is 1. The number of rotatable bonds is 8. The molecule has 1 aromatic carbocycles. The summed E-state index contributed by atoms with van der Waals surface area (Å²) >= 11 is 0. The molecule has 1 heterocycles. The van der Waals surface area contributed by atoms with Crippen molar-refractivity contribution in [3.63, 3.8) is 0 Å². The van der Waals surface area contributed by atoms with Gasteiger partial charge in [-0.2, -0.15) is 0 Å². The summed E-state index contributed by atoms with van der Waals surface area (Å²) in [6.07, 6.45) is 6.73. The molecule has 8 heteroatoms. The Labute approximate surface area is 172 Å². The van der Waals surface area contributed by atoms with Crippen molar-refractivity contribution >= 4 is 17.7 Å². The van der Waals surface area contributed by atoms with Crippen molar-refractivity contribution in [1.29, 1.82) is 0 Å². The number of methoxy groups -OCH3 is 3. The number of allylic oxidation sites excluding steroid dienone is 2. The standard InChI is InChI=1S/C21H29N3O5/c1-23-10-12-24(13-11-23)20(25)9-8-17(22-29-5)7-6-16-14-18(26-2)21(28-4)19(15-16)27-3/h6-9,14-15H,10-13H2,1-5H3/b7-6+,9-8+,22-17?. The summed E-state index contributed by atoms with van der Waals surface area (Å²) in [5, 5.41) is 3.96. The quantitative estimate of drug-likeness (QED) is 0.376. The molecule has 1 amide bonds. The summed E-state index contributed by atoms with van der Waals surface area (Å²) in [5.74, 6) is 1.59. The van der Waals surface area contributed by atoms with Crippen LogP contribution in [0.15, 0.2) is 35.5 Å². The second-order valence-electron chi connectivity index (χ2n) is 6.45. The summed E-state index contributed by atoms with van der Waals surface area (Å²) in [4.78, 5) is 21.3. The molecule has 29 heavy (non-hydrogen) atoms. The van der Waals surface area contributed by atoms with E-state index in [1.165, 1.54) is 13.2 Å². The minimum absolute atomic E-state index is 0.0388. The molecular formula is C21H29N3O5. The van der Waals surface area contributed by atoms with E-state index in [1.807, 2.05) is 23.1 Å². The van der Waals surface area contributed by atoms with Crippen LogP contribution in [0.1, 0.15) is 5.56 Å². The van der Waals surface area contributed by atoms with Gasteiger partial charge in [-0.05, 0) is 36.9 Å². The topological polar surface area (TPSA) is 72.8 Å². The fourth-order valence-corrected chi connectivity index (χ4v) is 2.89. The Bertz CT molecular complexity index is 756. The molecule has 1 fully saturated rings. The zero-order valence-electron chi connectivity index (χ0n) is 17.7. The SMILES string of the molecule is CON=C(/C=C/C(=O)N1CCN(C)CC1)/C=C/c1cc(OC)c(OC)c(OC)c1. The number of hydrogen-bond donors (Lipinski definition) is 0. The predicted molar refractivity (Wildman–Crippen MR) is 113 cm³/mol. The van der Waals surface area contributed by atoms with E-state index >= 15 is 0 Å². The van der Waals surface area contributed by atoms with Crippen LogP contribution in [-0.4, -0.2) is 83.1 Å². The van der Waals surface area contributed by atoms with Crippen molar-refractivity contribution in [2.75, 3.05) is 61.7 Å². The molecule has 158 valence electrons.